The lowest BCUT2D eigenvalue weighted by molar-refractivity contribution is 0.677. The molecule has 4 aromatic carbocycles. The minimum Gasteiger partial charge on any atom is -0.455 e. The molecule has 0 atom stereocenters. The lowest BCUT2D eigenvalue weighted by atomic mass is 10.1. The van der Waals surface area contributed by atoms with Crippen molar-refractivity contribution in [2.75, 3.05) is 0 Å². The first-order valence-corrected chi connectivity index (χ1v) is 10.1. The van der Waals surface area contributed by atoms with Crippen LogP contribution in [0.1, 0.15) is 13.8 Å². The van der Waals surface area contributed by atoms with Gasteiger partial charge in [-0.05, 0) is 36.4 Å². The Labute approximate surface area is 166 Å². The van der Waals surface area contributed by atoms with Crippen molar-refractivity contribution in [2.45, 2.75) is 13.8 Å². The second-order valence-electron chi connectivity index (χ2n) is 7.17. The zero-order chi connectivity index (χ0) is 19.5. The molecular formula is C26H20N2O. The van der Waals surface area contributed by atoms with Gasteiger partial charge in [-0.1, -0.05) is 50.2 Å². The van der Waals surface area contributed by atoms with Crippen molar-refractivity contribution in [1.29, 1.82) is 0 Å². The molecule has 3 aromatic heterocycles. The van der Waals surface area contributed by atoms with E-state index in [4.69, 9.17) is 4.42 Å². The number of nitrogens with one attached hydrogen (secondary N) is 2. The third kappa shape index (κ3) is 2.07. The highest BCUT2D eigenvalue weighted by molar-refractivity contribution is 6.28. The molecule has 7 aromatic rings. The predicted molar refractivity (Wildman–Crippen MR) is 124 cm³/mol. The van der Waals surface area contributed by atoms with Gasteiger partial charge in [-0.25, -0.2) is 0 Å². The molecule has 0 aliphatic carbocycles. The Balaban J connectivity index is 0.000000803. The zero-order valence-corrected chi connectivity index (χ0v) is 16.3. The van der Waals surface area contributed by atoms with Crippen LogP contribution in [0.3, 0.4) is 0 Å². The Morgan fingerprint density at radius 3 is 1.41 bits per heavy atom. The molecule has 0 aliphatic rings. The summed E-state index contributed by atoms with van der Waals surface area (Å²) in [7, 11) is 0. The SMILES string of the molecule is CC.c1ccc2c(c1)[nH]c1ccc3c4ccc5[nH]c6ccccc6c5c4oc3c12. The average molecular weight is 376 g/mol. The van der Waals surface area contributed by atoms with Crippen LogP contribution < -0.4 is 0 Å². The van der Waals surface area contributed by atoms with Crippen LogP contribution >= 0.6 is 0 Å². The summed E-state index contributed by atoms with van der Waals surface area (Å²) in [6, 6.07) is 25.5. The molecule has 0 unspecified atom stereocenters. The van der Waals surface area contributed by atoms with Gasteiger partial charge in [-0.15, -0.1) is 0 Å². The number of hydrogen-bond donors (Lipinski definition) is 2. The maximum atomic E-state index is 6.57. The molecule has 2 N–H and O–H groups in total. The van der Waals surface area contributed by atoms with E-state index in [1.807, 2.05) is 13.8 Å². The Kier molecular flexibility index (Phi) is 3.30. The van der Waals surface area contributed by atoms with E-state index >= 15 is 0 Å². The van der Waals surface area contributed by atoms with E-state index in [2.05, 4.69) is 82.8 Å². The van der Waals surface area contributed by atoms with Gasteiger partial charge in [0.25, 0.3) is 0 Å². The fourth-order valence-corrected chi connectivity index (χ4v) is 4.56. The monoisotopic (exact) mass is 376 g/mol. The van der Waals surface area contributed by atoms with Crippen LogP contribution in [0.5, 0.6) is 0 Å². The Morgan fingerprint density at radius 2 is 0.931 bits per heavy atom. The number of benzene rings is 4. The van der Waals surface area contributed by atoms with Crippen LogP contribution in [0.25, 0.3) is 65.6 Å². The second-order valence-corrected chi connectivity index (χ2v) is 7.17. The largest absolute Gasteiger partial charge is 0.455 e. The van der Waals surface area contributed by atoms with Crippen molar-refractivity contribution < 1.29 is 4.42 Å². The van der Waals surface area contributed by atoms with Crippen LogP contribution in [0.2, 0.25) is 0 Å². The summed E-state index contributed by atoms with van der Waals surface area (Å²) in [5.41, 5.74) is 6.40. The van der Waals surface area contributed by atoms with E-state index in [0.29, 0.717) is 0 Å². The zero-order valence-electron chi connectivity index (χ0n) is 16.3. The molecule has 0 fully saturated rings. The fourth-order valence-electron chi connectivity index (χ4n) is 4.56. The van der Waals surface area contributed by atoms with Crippen LogP contribution in [0, 0.1) is 0 Å². The molecule has 0 spiro atoms. The number of H-pyrrole nitrogens is 2. The Bertz CT molecular complexity index is 1550. The first kappa shape index (κ1) is 16.3. The third-order valence-corrected chi connectivity index (χ3v) is 5.74. The van der Waals surface area contributed by atoms with E-state index < -0.39 is 0 Å². The van der Waals surface area contributed by atoms with Gasteiger partial charge in [0, 0.05) is 32.6 Å². The second kappa shape index (κ2) is 5.89. The summed E-state index contributed by atoms with van der Waals surface area (Å²) in [5, 5.41) is 7.04. The molecule has 3 heterocycles. The van der Waals surface area contributed by atoms with E-state index in [9.17, 15) is 0 Å². The molecule has 140 valence electrons. The highest BCUT2D eigenvalue weighted by atomic mass is 16.3. The highest BCUT2D eigenvalue weighted by Gasteiger charge is 2.17. The van der Waals surface area contributed by atoms with Crippen molar-refractivity contribution in [3.63, 3.8) is 0 Å². The van der Waals surface area contributed by atoms with Gasteiger partial charge in [-0.3, -0.25) is 0 Å². The summed E-state index contributed by atoms with van der Waals surface area (Å²) in [6.07, 6.45) is 0. The van der Waals surface area contributed by atoms with E-state index in [-0.39, 0.29) is 0 Å². The van der Waals surface area contributed by atoms with E-state index in [1.54, 1.807) is 0 Å². The lowest BCUT2D eigenvalue weighted by Crippen LogP contribution is -1.71. The predicted octanol–water partition coefficient (Wildman–Crippen LogP) is 7.88. The van der Waals surface area contributed by atoms with Gasteiger partial charge in [-0.2, -0.15) is 0 Å². The quantitative estimate of drug-likeness (QED) is 0.278. The maximum Gasteiger partial charge on any atom is 0.145 e. The van der Waals surface area contributed by atoms with Crippen molar-refractivity contribution in [1.82, 2.24) is 9.97 Å². The van der Waals surface area contributed by atoms with Gasteiger partial charge < -0.3 is 14.4 Å². The molecule has 0 radical (unpaired) electrons. The minimum atomic E-state index is 0.956. The molecule has 7 rings (SSSR count). The van der Waals surface area contributed by atoms with Gasteiger partial charge in [0.05, 0.1) is 21.8 Å². The topological polar surface area (TPSA) is 44.7 Å². The van der Waals surface area contributed by atoms with Crippen LogP contribution in [-0.4, -0.2) is 9.97 Å². The number of furan rings is 1. The number of fused-ring (bicyclic) bond motifs is 11. The Hall–Kier alpha value is -3.72. The van der Waals surface area contributed by atoms with Crippen LogP contribution in [0.15, 0.2) is 77.2 Å². The van der Waals surface area contributed by atoms with Crippen molar-refractivity contribution in [3.8, 4) is 0 Å². The van der Waals surface area contributed by atoms with E-state index in [0.717, 1.165) is 54.8 Å². The molecule has 3 nitrogen and oxygen atoms in total. The summed E-state index contributed by atoms with van der Waals surface area (Å²) < 4.78 is 6.57. The van der Waals surface area contributed by atoms with Gasteiger partial charge in [0.15, 0.2) is 0 Å². The Morgan fingerprint density at radius 1 is 0.483 bits per heavy atom. The number of hydrogen-bond acceptors (Lipinski definition) is 1. The third-order valence-electron chi connectivity index (χ3n) is 5.74. The summed E-state index contributed by atoms with van der Waals surface area (Å²) in [5.74, 6) is 0. The maximum absolute atomic E-state index is 6.57. The average Bonchev–Trinajstić information content (AvgIpc) is 3.44. The van der Waals surface area contributed by atoms with Crippen LogP contribution in [-0.2, 0) is 0 Å². The minimum absolute atomic E-state index is 0.956. The molecule has 0 aliphatic heterocycles. The van der Waals surface area contributed by atoms with E-state index in [1.165, 1.54) is 10.8 Å². The summed E-state index contributed by atoms with van der Waals surface area (Å²) >= 11 is 0. The molecule has 29 heavy (non-hydrogen) atoms. The van der Waals surface area contributed by atoms with Crippen molar-refractivity contribution >= 4 is 65.6 Å². The first-order chi connectivity index (χ1) is 14.4. The number of aromatic amines is 2. The molecular weight excluding hydrogens is 356 g/mol. The van der Waals surface area contributed by atoms with Crippen molar-refractivity contribution in [2.24, 2.45) is 0 Å². The lowest BCUT2D eigenvalue weighted by Gasteiger charge is -1.93. The highest BCUT2D eigenvalue weighted by Crippen LogP contribution is 2.41. The van der Waals surface area contributed by atoms with Gasteiger partial charge in [0.1, 0.15) is 11.2 Å². The van der Waals surface area contributed by atoms with Crippen molar-refractivity contribution in [3.05, 3.63) is 72.8 Å². The van der Waals surface area contributed by atoms with Crippen LogP contribution in [0.4, 0.5) is 0 Å². The standard InChI is InChI=1S/C24H14N2O.C2H6/c1-3-7-17-15(5-1)21-19(25-17)11-9-13-14-10-12-20-22(24(14)27-23(13)21)16-6-2-4-8-18(16)26-20;1-2/h1-12,25-26H;1-2H3. The number of para-hydroxylation sites is 2. The molecule has 0 saturated carbocycles. The normalized spacial score (nSPS) is 11.8. The fraction of sp³-hybridized carbons (Fsp3) is 0.0769. The number of rotatable bonds is 0. The summed E-state index contributed by atoms with van der Waals surface area (Å²) in [6.45, 7) is 4.00. The summed E-state index contributed by atoms with van der Waals surface area (Å²) in [4.78, 5) is 7.02. The van der Waals surface area contributed by atoms with Gasteiger partial charge in [0.2, 0.25) is 0 Å². The molecule has 0 bridgehead atoms. The molecule has 0 saturated heterocycles. The first-order valence-electron chi connectivity index (χ1n) is 10.1. The molecule has 0 amide bonds. The smallest absolute Gasteiger partial charge is 0.145 e. The molecule has 3 heteroatoms. The van der Waals surface area contributed by atoms with Gasteiger partial charge >= 0.3 is 0 Å². The number of aromatic nitrogens is 2.